The Morgan fingerprint density at radius 3 is 2.19 bits per heavy atom. The molecule has 0 bridgehead atoms. The van der Waals surface area contributed by atoms with Crippen molar-refractivity contribution < 1.29 is 24.9 Å². The number of phenols is 3. The first-order valence-corrected chi connectivity index (χ1v) is 6.21. The van der Waals surface area contributed by atoms with Crippen molar-refractivity contribution in [3.8, 4) is 23.0 Å². The van der Waals surface area contributed by atoms with Crippen LogP contribution in [0, 0.1) is 0 Å². The van der Waals surface area contributed by atoms with Crippen molar-refractivity contribution >= 4 is 27.8 Å². The van der Waals surface area contributed by atoms with Gasteiger partial charge in [-0.2, -0.15) is 0 Å². The van der Waals surface area contributed by atoms with Crippen LogP contribution in [0.2, 0.25) is 0 Å². The predicted octanol–water partition coefficient (Wildman–Crippen LogP) is 2.93. The van der Waals surface area contributed by atoms with E-state index in [-0.39, 0.29) is 39.3 Å². The van der Waals surface area contributed by atoms with Gasteiger partial charge < -0.3 is 20.1 Å². The van der Waals surface area contributed by atoms with E-state index in [1.165, 1.54) is 13.2 Å². The monoisotopic (exact) mass is 284 g/mol. The second-order valence-corrected chi connectivity index (χ2v) is 4.63. The van der Waals surface area contributed by atoms with Crippen molar-refractivity contribution in [3.63, 3.8) is 0 Å². The standard InChI is InChI=1S/C16H12O5/c1-21-16-11(7-17)12(18)6-10-13(16)15(20)9-5-3-2-4-8(9)14(10)19/h2-7,18-20H,1H3. The molecule has 0 fully saturated rings. The summed E-state index contributed by atoms with van der Waals surface area (Å²) in [4.78, 5) is 11.1. The maximum atomic E-state index is 11.1. The van der Waals surface area contributed by atoms with Crippen LogP contribution in [0.5, 0.6) is 23.0 Å². The van der Waals surface area contributed by atoms with Crippen LogP contribution in [-0.2, 0) is 0 Å². The van der Waals surface area contributed by atoms with Crippen LogP contribution in [0.1, 0.15) is 10.4 Å². The molecule has 106 valence electrons. The molecule has 3 rings (SSSR count). The molecule has 0 spiro atoms. The Morgan fingerprint density at radius 1 is 1.00 bits per heavy atom. The molecule has 21 heavy (non-hydrogen) atoms. The summed E-state index contributed by atoms with van der Waals surface area (Å²) in [7, 11) is 1.33. The summed E-state index contributed by atoms with van der Waals surface area (Å²) >= 11 is 0. The van der Waals surface area contributed by atoms with Crippen LogP contribution in [0.15, 0.2) is 30.3 Å². The molecule has 0 radical (unpaired) electrons. The van der Waals surface area contributed by atoms with Crippen LogP contribution in [0.4, 0.5) is 0 Å². The Morgan fingerprint density at radius 2 is 1.62 bits per heavy atom. The third kappa shape index (κ3) is 1.67. The first kappa shape index (κ1) is 13.1. The van der Waals surface area contributed by atoms with Crippen molar-refractivity contribution in [2.45, 2.75) is 0 Å². The Hall–Kier alpha value is -2.95. The van der Waals surface area contributed by atoms with Gasteiger partial charge in [0.1, 0.15) is 23.0 Å². The lowest BCUT2D eigenvalue weighted by Gasteiger charge is -2.15. The molecule has 0 aliphatic rings. The molecule has 0 heterocycles. The van der Waals surface area contributed by atoms with Crippen molar-refractivity contribution in [2.75, 3.05) is 7.11 Å². The summed E-state index contributed by atoms with van der Waals surface area (Å²) < 4.78 is 5.15. The fraction of sp³-hybridized carbons (Fsp3) is 0.0625. The van der Waals surface area contributed by atoms with Gasteiger partial charge in [0.2, 0.25) is 0 Å². The van der Waals surface area contributed by atoms with Crippen molar-refractivity contribution in [2.24, 2.45) is 0 Å². The third-order valence-electron chi connectivity index (χ3n) is 3.55. The Labute approximate surface area is 119 Å². The minimum atomic E-state index is -0.320. The summed E-state index contributed by atoms with van der Waals surface area (Å²) in [6.07, 6.45) is 0.444. The maximum absolute atomic E-state index is 11.1. The van der Waals surface area contributed by atoms with Gasteiger partial charge in [0.15, 0.2) is 6.29 Å². The van der Waals surface area contributed by atoms with E-state index < -0.39 is 0 Å². The summed E-state index contributed by atoms with van der Waals surface area (Å²) in [6, 6.07) is 7.99. The molecule has 0 saturated carbocycles. The van der Waals surface area contributed by atoms with Gasteiger partial charge in [-0.3, -0.25) is 4.79 Å². The van der Waals surface area contributed by atoms with Crippen LogP contribution < -0.4 is 4.74 Å². The highest BCUT2D eigenvalue weighted by molar-refractivity contribution is 6.15. The second kappa shape index (κ2) is 4.56. The molecule has 0 amide bonds. The van der Waals surface area contributed by atoms with Crippen molar-refractivity contribution in [3.05, 3.63) is 35.9 Å². The van der Waals surface area contributed by atoms with Gasteiger partial charge >= 0.3 is 0 Å². The Balaban J connectivity index is 2.66. The van der Waals surface area contributed by atoms with Crippen LogP contribution in [0.3, 0.4) is 0 Å². The van der Waals surface area contributed by atoms with E-state index in [4.69, 9.17) is 4.74 Å². The Kier molecular flexibility index (Phi) is 2.83. The van der Waals surface area contributed by atoms with Gasteiger partial charge in [-0.15, -0.1) is 0 Å². The van der Waals surface area contributed by atoms with E-state index >= 15 is 0 Å². The number of methoxy groups -OCH3 is 1. The number of benzene rings is 3. The van der Waals surface area contributed by atoms with E-state index in [1.54, 1.807) is 24.3 Å². The highest BCUT2D eigenvalue weighted by atomic mass is 16.5. The first-order valence-electron chi connectivity index (χ1n) is 6.21. The normalized spacial score (nSPS) is 10.9. The molecule has 0 aromatic heterocycles. The fourth-order valence-electron chi connectivity index (χ4n) is 2.58. The number of ether oxygens (including phenoxy) is 1. The lowest BCUT2D eigenvalue weighted by Crippen LogP contribution is -1.94. The average Bonchev–Trinajstić information content (AvgIpc) is 2.51. The molecule has 0 atom stereocenters. The van der Waals surface area contributed by atoms with Crippen LogP contribution >= 0.6 is 0 Å². The van der Waals surface area contributed by atoms with Gasteiger partial charge in [-0.05, 0) is 6.07 Å². The summed E-state index contributed by atoms with van der Waals surface area (Å²) in [5, 5.41) is 32.0. The highest BCUT2D eigenvalue weighted by Crippen LogP contribution is 2.48. The molecule has 3 aromatic rings. The van der Waals surface area contributed by atoms with Gasteiger partial charge in [-0.1, -0.05) is 24.3 Å². The largest absolute Gasteiger partial charge is 0.507 e. The number of carbonyl (C=O) groups is 1. The summed E-state index contributed by atoms with van der Waals surface area (Å²) in [5.41, 5.74) is -0.0741. The van der Waals surface area contributed by atoms with Crippen molar-refractivity contribution in [1.82, 2.24) is 0 Å². The molecule has 0 aliphatic carbocycles. The number of hydrogen-bond donors (Lipinski definition) is 3. The number of aromatic hydroxyl groups is 3. The number of hydrogen-bond acceptors (Lipinski definition) is 5. The van der Waals surface area contributed by atoms with E-state index in [0.717, 1.165) is 0 Å². The zero-order valence-corrected chi connectivity index (χ0v) is 11.1. The highest BCUT2D eigenvalue weighted by Gasteiger charge is 2.21. The van der Waals surface area contributed by atoms with Crippen LogP contribution in [-0.4, -0.2) is 28.7 Å². The topological polar surface area (TPSA) is 87.0 Å². The molecule has 3 aromatic carbocycles. The minimum absolute atomic E-state index is 0.0264. The van der Waals surface area contributed by atoms with Gasteiger partial charge in [-0.25, -0.2) is 0 Å². The van der Waals surface area contributed by atoms with Gasteiger partial charge in [0.05, 0.1) is 18.1 Å². The molecule has 0 unspecified atom stereocenters. The number of phenolic OH excluding ortho intramolecular Hbond substituents is 3. The fourth-order valence-corrected chi connectivity index (χ4v) is 2.58. The van der Waals surface area contributed by atoms with E-state index in [1.807, 2.05) is 0 Å². The Bertz CT molecular complexity index is 883. The van der Waals surface area contributed by atoms with E-state index in [2.05, 4.69) is 0 Å². The quantitative estimate of drug-likeness (QED) is 0.382. The lowest BCUT2D eigenvalue weighted by molar-refractivity contribution is 0.111. The number of aldehydes is 1. The predicted molar refractivity (Wildman–Crippen MR) is 78.4 cm³/mol. The number of carbonyl (C=O) groups excluding carboxylic acids is 1. The molecule has 5 nitrogen and oxygen atoms in total. The third-order valence-corrected chi connectivity index (χ3v) is 3.55. The maximum Gasteiger partial charge on any atom is 0.157 e. The van der Waals surface area contributed by atoms with Gasteiger partial charge in [0.25, 0.3) is 0 Å². The SMILES string of the molecule is COc1c(C=O)c(O)cc2c(O)c3ccccc3c(O)c12. The number of fused-ring (bicyclic) bond motifs is 2. The molecule has 0 saturated heterocycles. The van der Waals surface area contributed by atoms with E-state index in [0.29, 0.717) is 17.1 Å². The molecule has 5 heteroatoms. The molecular formula is C16H12O5. The van der Waals surface area contributed by atoms with E-state index in [9.17, 15) is 20.1 Å². The first-order chi connectivity index (χ1) is 10.1. The molecule has 3 N–H and O–H groups in total. The van der Waals surface area contributed by atoms with Gasteiger partial charge in [0, 0.05) is 16.2 Å². The van der Waals surface area contributed by atoms with Crippen molar-refractivity contribution in [1.29, 1.82) is 0 Å². The minimum Gasteiger partial charge on any atom is -0.507 e. The second-order valence-electron chi connectivity index (χ2n) is 4.63. The molecular weight excluding hydrogens is 272 g/mol. The summed E-state index contributed by atoms with van der Waals surface area (Å²) in [6.45, 7) is 0. The zero-order chi connectivity index (χ0) is 15.1. The average molecular weight is 284 g/mol. The lowest BCUT2D eigenvalue weighted by atomic mass is 9.97. The summed E-state index contributed by atoms with van der Waals surface area (Å²) in [5.74, 6) is -0.499. The van der Waals surface area contributed by atoms with Crippen LogP contribution in [0.25, 0.3) is 21.5 Å². The zero-order valence-electron chi connectivity index (χ0n) is 11.1. The smallest absolute Gasteiger partial charge is 0.157 e. The number of rotatable bonds is 2. The molecule has 0 aliphatic heterocycles.